The number of anilines is 1. The van der Waals surface area contributed by atoms with Gasteiger partial charge in [0.2, 0.25) is 5.91 Å². The van der Waals surface area contributed by atoms with Gasteiger partial charge in [0.25, 0.3) is 0 Å². The number of hydrazone groups is 1. The van der Waals surface area contributed by atoms with Crippen molar-refractivity contribution in [2.24, 2.45) is 5.10 Å². The van der Waals surface area contributed by atoms with Crippen LogP contribution in [0.1, 0.15) is 24.0 Å². The maximum absolute atomic E-state index is 11.7. The lowest BCUT2D eigenvalue weighted by Crippen LogP contribution is -2.25. The molecule has 0 saturated heterocycles. The number of carbonyl (C=O) groups excluding carboxylic acids is 2. The van der Waals surface area contributed by atoms with Crippen LogP contribution in [0.2, 0.25) is 0 Å². The first-order valence-corrected chi connectivity index (χ1v) is 7.64. The zero-order valence-corrected chi connectivity index (χ0v) is 13.0. The standard InChI is InChI=1S/C18H17N3O3/c22-17-11-10-16(20-21-17)14-8-6-13(7-9-14)12-24-18(23)19-15-4-2-1-3-5-15/h1-9H,10-12H2,(H,19,23)(H,21,22). The first-order valence-electron chi connectivity index (χ1n) is 7.64. The Bertz CT molecular complexity index is 755. The molecule has 2 N–H and O–H groups in total. The highest BCUT2D eigenvalue weighted by Crippen LogP contribution is 2.13. The Balaban J connectivity index is 1.53. The summed E-state index contributed by atoms with van der Waals surface area (Å²) >= 11 is 0. The second kappa shape index (κ2) is 7.41. The molecule has 0 radical (unpaired) electrons. The number of benzene rings is 2. The summed E-state index contributed by atoms with van der Waals surface area (Å²) in [4.78, 5) is 22.8. The van der Waals surface area contributed by atoms with Gasteiger partial charge < -0.3 is 4.74 Å². The number of carbonyl (C=O) groups is 2. The van der Waals surface area contributed by atoms with E-state index >= 15 is 0 Å². The van der Waals surface area contributed by atoms with E-state index in [9.17, 15) is 9.59 Å². The molecule has 2 aromatic carbocycles. The van der Waals surface area contributed by atoms with Crippen molar-refractivity contribution < 1.29 is 14.3 Å². The Hall–Kier alpha value is -3.15. The number of rotatable bonds is 4. The van der Waals surface area contributed by atoms with Crippen LogP contribution in [-0.4, -0.2) is 17.7 Å². The molecule has 6 nitrogen and oxygen atoms in total. The second-order valence-corrected chi connectivity index (χ2v) is 5.36. The lowest BCUT2D eigenvalue weighted by molar-refractivity contribution is -0.121. The van der Waals surface area contributed by atoms with Crippen LogP contribution in [0.15, 0.2) is 59.7 Å². The SMILES string of the molecule is O=C1CCC(c2ccc(COC(=O)Nc3ccccc3)cc2)=NN1. The third kappa shape index (κ3) is 4.19. The van der Waals surface area contributed by atoms with Crippen LogP contribution in [0.3, 0.4) is 0 Å². The van der Waals surface area contributed by atoms with Crippen LogP contribution in [0.5, 0.6) is 0 Å². The summed E-state index contributed by atoms with van der Waals surface area (Å²) in [6.45, 7) is 0.183. The van der Waals surface area contributed by atoms with Crippen LogP contribution in [0.4, 0.5) is 10.5 Å². The van der Waals surface area contributed by atoms with Crippen LogP contribution in [0.25, 0.3) is 0 Å². The molecule has 1 aliphatic rings. The molecule has 0 aromatic heterocycles. The fourth-order valence-corrected chi connectivity index (χ4v) is 2.30. The third-order valence-electron chi connectivity index (χ3n) is 3.58. The van der Waals surface area contributed by atoms with Crippen LogP contribution < -0.4 is 10.7 Å². The molecule has 0 unspecified atom stereocenters. The monoisotopic (exact) mass is 323 g/mol. The van der Waals surface area contributed by atoms with Crippen molar-refractivity contribution in [1.82, 2.24) is 5.43 Å². The molecule has 0 aliphatic carbocycles. The molecule has 0 fully saturated rings. The average Bonchev–Trinajstić information content (AvgIpc) is 2.62. The van der Waals surface area contributed by atoms with Gasteiger partial charge in [-0.15, -0.1) is 0 Å². The highest BCUT2D eigenvalue weighted by molar-refractivity contribution is 6.04. The minimum atomic E-state index is -0.496. The summed E-state index contributed by atoms with van der Waals surface area (Å²) in [7, 11) is 0. The lowest BCUT2D eigenvalue weighted by atomic mass is 10.0. The summed E-state index contributed by atoms with van der Waals surface area (Å²) < 4.78 is 5.19. The highest BCUT2D eigenvalue weighted by Gasteiger charge is 2.13. The fourth-order valence-electron chi connectivity index (χ4n) is 2.30. The molecular weight excluding hydrogens is 306 g/mol. The normalized spacial score (nSPS) is 13.7. The Morgan fingerprint density at radius 3 is 2.50 bits per heavy atom. The number of nitrogens with zero attached hydrogens (tertiary/aromatic N) is 1. The minimum absolute atomic E-state index is 0.0619. The zero-order valence-electron chi connectivity index (χ0n) is 13.0. The van der Waals surface area contributed by atoms with Gasteiger partial charge in [-0.2, -0.15) is 5.10 Å². The molecule has 3 rings (SSSR count). The molecule has 6 heteroatoms. The summed E-state index contributed by atoms with van der Waals surface area (Å²) in [5, 5.41) is 6.71. The third-order valence-corrected chi connectivity index (χ3v) is 3.58. The van der Waals surface area contributed by atoms with E-state index in [0.717, 1.165) is 16.8 Å². The van der Waals surface area contributed by atoms with Gasteiger partial charge in [-0.1, -0.05) is 42.5 Å². The second-order valence-electron chi connectivity index (χ2n) is 5.36. The first kappa shape index (κ1) is 15.7. The molecule has 0 spiro atoms. The Labute approximate surface area is 139 Å². The summed E-state index contributed by atoms with van der Waals surface area (Å²) in [6.07, 6.45) is 0.578. The molecule has 0 atom stereocenters. The molecule has 24 heavy (non-hydrogen) atoms. The van der Waals surface area contributed by atoms with Crippen LogP contribution >= 0.6 is 0 Å². The molecule has 2 amide bonds. The van der Waals surface area contributed by atoms with Gasteiger partial charge >= 0.3 is 6.09 Å². The van der Waals surface area contributed by atoms with Crippen LogP contribution in [0, 0.1) is 0 Å². The number of amides is 2. The molecule has 2 aromatic rings. The van der Waals surface area contributed by atoms with E-state index in [4.69, 9.17) is 4.74 Å². The molecule has 122 valence electrons. The maximum atomic E-state index is 11.7. The van der Waals surface area contributed by atoms with E-state index in [1.165, 1.54) is 0 Å². The maximum Gasteiger partial charge on any atom is 0.411 e. The van der Waals surface area contributed by atoms with Crippen molar-refractivity contribution in [3.05, 3.63) is 65.7 Å². The van der Waals surface area contributed by atoms with Crippen molar-refractivity contribution in [2.45, 2.75) is 19.4 Å². The van der Waals surface area contributed by atoms with Gasteiger partial charge in [0.05, 0.1) is 5.71 Å². The van der Waals surface area contributed by atoms with Gasteiger partial charge in [0.1, 0.15) is 6.61 Å². The Morgan fingerprint density at radius 1 is 1.08 bits per heavy atom. The van der Waals surface area contributed by atoms with Crippen LogP contribution in [-0.2, 0) is 16.1 Å². The number of hydrogen-bond acceptors (Lipinski definition) is 4. The van der Waals surface area contributed by atoms with E-state index in [1.807, 2.05) is 42.5 Å². The van der Waals surface area contributed by atoms with Crippen molar-refractivity contribution in [2.75, 3.05) is 5.32 Å². The van der Waals surface area contributed by atoms with E-state index in [2.05, 4.69) is 15.8 Å². The van der Waals surface area contributed by atoms with Crippen molar-refractivity contribution >= 4 is 23.4 Å². The number of para-hydroxylation sites is 1. The highest BCUT2D eigenvalue weighted by atomic mass is 16.5. The fraction of sp³-hybridized carbons (Fsp3) is 0.167. The minimum Gasteiger partial charge on any atom is -0.444 e. The van der Waals surface area contributed by atoms with Gasteiger partial charge in [0.15, 0.2) is 0 Å². The zero-order chi connectivity index (χ0) is 16.8. The topological polar surface area (TPSA) is 79.8 Å². The molecule has 0 bridgehead atoms. The Kier molecular flexibility index (Phi) is 4.86. The number of ether oxygens (including phenoxy) is 1. The average molecular weight is 323 g/mol. The molecule has 1 aliphatic heterocycles. The van der Waals surface area contributed by atoms with E-state index in [-0.39, 0.29) is 12.5 Å². The number of nitrogens with one attached hydrogen (secondary N) is 2. The lowest BCUT2D eigenvalue weighted by Gasteiger charge is -2.12. The number of hydrogen-bond donors (Lipinski definition) is 2. The quantitative estimate of drug-likeness (QED) is 0.907. The van der Waals surface area contributed by atoms with Gasteiger partial charge in [0, 0.05) is 18.5 Å². The van der Waals surface area contributed by atoms with E-state index in [1.54, 1.807) is 12.1 Å². The molecule has 0 saturated carbocycles. The molecular formula is C18H17N3O3. The predicted octanol–water partition coefficient (Wildman–Crippen LogP) is 3.05. The predicted molar refractivity (Wildman–Crippen MR) is 90.6 cm³/mol. The van der Waals surface area contributed by atoms with Crippen molar-refractivity contribution in [3.63, 3.8) is 0 Å². The summed E-state index contributed by atoms with van der Waals surface area (Å²) in [6, 6.07) is 16.7. The smallest absolute Gasteiger partial charge is 0.411 e. The summed E-state index contributed by atoms with van der Waals surface area (Å²) in [5.74, 6) is -0.0619. The largest absolute Gasteiger partial charge is 0.444 e. The van der Waals surface area contributed by atoms with E-state index in [0.29, 0.717) is 18.5 Å². The van der Waals surface area contributed by atoms with Gasteiger partial charge in [-0.3, -0.25) is 10.1 Å². The van der Waals surface area contributed by atoms with Crippen molar-refractivity contribution in [3.8, 4) is 0 Å². The van der Waals surface area contributed by atoms with E-state index < -0.39 is 6.09 Å². The van der Waals surface area contributed by atoms with Crippen molar-refractivity contribution in [1.29, 1.82) is 0 Å². The van der Waals surface area contributed by atoms with Gasteiger partial charge in [-0.25, -0.2) is 10.2 Å². The Morgan fingerprint density at radius 2 is 1.83 bits per heavy atom. The summed E-state index contributed by atoms with van der Waals surface area (Å²) in [5.41, 5.74) is 5.85. The molecule has 1 heterocycles. The first-order chi connectivity index (χ1) is 11.7. The van der Waals surface area contributed by atoms with Gasteiger partial charge in [-0.05, 0) is 23.3 Å².